The van der Waals surface area contributed by atoms with Crippen LogP contribution in [0.25, 0.3) is 0 Å². The lowest BCUT2D eigenvalue weighted by Gasteiger charge is -2.16. The molecule has 0 bridgehead atoms. The first-order valence-electron chi connectivity index (χ1n) is 6.33. The van der Waals surface area contributed by atoms with E-state index in [1.807, 2.05) is 13.0 Å². The lowest BCUT2D eigenvalue weighted by Crippen LogP contribution is -2.22. The van der Waals surface area contributed by atoms with Gasteiger partial charge in [0.1, 0.15) is 5.76 Å². The molecule has 0 aliphatic carbocycles. The number of rotatable bonds is 9. The monoisotopic (exact) mass is 303 g/mol. The lowest BCUT2D eigenvalue weighted by atomic mass is 10.1. The van der Waals surface area contributed by atoms with Gasteiger partial charge in [0.2, 0.25) is 0 Å². The van der Waals surface area contributed by atoms with Gasteiger partial charge >= 0.3 is 0 Å². The van der Waals surface area contributed by atoms with Crippen molar-refractivity contribution in [2.75, 3.05) is 19.8 Å². The zero-order chi connectivity index (χ0) is 12.5. The predicted octanol–water partition coefficient (Wildman–Crippen LogP) is 3.90. The molecule has 0 amide bonds. The van der Waals surface area contributed by atoms with Crippen LogP contribution in [0.1, 0.15) is 44.9 Å². The maximum Gasteiger partial charge on any atom is 0.134 e. The highest BCUT2D eigenvalue weighted by atomic mass is 79.9. The molecule has 1 atom stereocenters. The summed E-state index contributed by atoms with van der Waals surface area (Å²) in [6, 6.07) is 2.22. The van der Waals surface area contributed by atoms with E-state index in [1.165, 1.54) is 0 Å². The quantitative estimate of drug-likeness (QED) is 0.703. The highest BCUT2D eigenvalue weighted by molar-refractivity contribution is 9.10. The summed E-state index contributed by atoms with van der Waals surface area (Å²) in [6.45, 7) is 6.81. The molecule has 0 aromatic carbocycles. The number of hydrogen-bond donors (Lipinski definition) is 1. The molecule has 0 spiro atoms. The van der Waals surface area contributed by atoms with E-state index in [-0.39, 0.29) is 6.04 Å². The topological polar surface area (TPSA) is 34.4 Å². The van der Waals surface area contributed by atoms with Crippen molar-refractivity contribution in [3.8, 4) is 0 Å². The highest BCUT2D eigenvalue weighted by Crippen LogP contribution is 2.27. The second kappa shape index (κ2) is 8.72. The molecule has 1 aromatic heterocycles. The molecular formula is C13H22BrNO2. The third-order valence-electron chi connectivity index (χ3n) is 2.59. The highest BCUT2D eigenvalue weighted by Gasteiger charge is 2.16. The van der Waals surface area contributed by atoms with Crippen LogP contribution >= 0.6 is 15.9 Å². The van der Waals surface area contributed by atoms with E-state index >= 15 is 0 Å². The molecule has 1 aromatic rings. The molecule has 1 N–H and O–H groups in total. The van der Waals surface area contributed by atoms with Crippen molar-refractivity contribution in [2.45, 2.75) is 39.2 Å². The molecule has 1 heterocycles. The van der Waals surface area contributed by atoms with Crippen molar-refractivity contribution in [3.63, 3.8) is 0 Å². The molecule has 0 aliphatic heterocycles. The Bertz CT molecular complexity index is 301. The van der Waals surface area contributed by atoms with Crippen molar-refractivity contribution in [3.05, 3.63) is 22.6 Å². The number of hydrogen-bond acceptors (Lipinski definition) is 3. The number of halogens is 1. The Balaban J connectivity index is 2.46. The zero-order valence-corrected chi connectivity index (χ0v) is 12.3. The third kappa shape index (κ3) is 5.23. The summed E-state index contributed by atoms with van der Waals surface area (Å²) < 4.78 is 11.9. The van der Waals surface area contributed by atoms with E-state index in [0.29, 0.717) is 0 Å². The summed E-state index contributed by atoms with van der Waals surface area (Å²) in [6.07, 6.45) is 4.93. The summed E-state index contributed by atoms with van der Waals surface area (Å²) in [4.78, 5) is 0. The van der Waals surface area contributed by atoms with Crippen molar-refractivity contribution in [2.24, 2.45) is 0 Å². The first-order valence-corrected chi connectivity index (χ1v) is 7.12. The van der Waals surface area contributed by atoms with Crippen LogP contribution in [0.4, 0.5) is 0 Å². The van der Waals surface area contributed by atoms with E-state index in [0.717, 1.165) is 49.3 Å². The molecular weight excluding hydrogens is 282 g/mol. The number of furan rings is 1. The molecule has 17 heavy (non-hydrogen) atoms. The average molecular weight is 304 g/mol. The van der Waals surface area contributed by atoms with Crippen LogP contribution in [0, 0.1) is 0 Å². The van der Waals surface area contributed by atoms with Gasteiger partial charge in [-0.1, -0.05) is 6.92 Å². The van der Waals surface area contributed by atoms with Crippen molar-refractivity contribution >= 4 is 15.9 Å². The predicted molar refractivity (Wildman–Crippen MR) is 73.2 cm³/mol. The molecule has 0 radical (unpaired) electrons. The first-order chi connectivity index (χ1) is 8.29. The molecule has 0 aliphatic rings. The van der Waals surface area contributed by atoms with E-state index in [4.69, 9.17) is 9.15 Å². The lowest BCUT2D eigenvalue weighted by molar-refractivity contribution is 0.140. The van der Waals surface area contributed by atoms with Crippen LogP contribution < -0.4 is 5.32 Å². The second-order valence-electron chi connectivity index (χ2n) is 3.98. The Labute approximate surface area is 112 Å². The first kappa shape index (κ1) is 14.7. The van der Waals surface area contributed by atoms with Gasteiger partial charge in [-0.3, -0.25) is 0 Å². The van der Waals surface area contributed by atoms with Gasteiger partial charge in [0.25, 0.3) is 0 Å². The van der Waals surface area contributed by atoms with E-state index in [2.05, 4.69) is 28.2 Å². The van der Waals surface area contributed by atoms with Gasteiger partial charge in [0, 0.05) is 13.2 Å². The van der Waals surface area contributed by atoms with Crippen LogP contribution in [0.5, 0.6) is 0 Å². The van der Waals surface area contributed by atoms with Crippen molar-refractivity contribution < 1.29 is 9.15 Å². The summed E-state index contributed by atoms with van der Waals surface area (Å²) in [5.74, 6) is 0.995. The van der Waals surface area contributed by atoms with Gasteiger partial charge in [0.15, 0.2) is 0 Å². The smallest absolute Gasteiger partial charge is 0.134 e. The molecule has 1 rings (SSSR count). The summed E-state index contributed by atoms with van der Waals surface area (Å²) in [5, 5.41) is 3.51. The van der Waals surface area contributed by atoms with Crippen LogP contribution in [-0.2, 0) is 4.74 Å². The Hall–Kier alpha value is -0.320. The Morgan fingerprint density at radius 2 is 2.29 bits per heavy atom. The summed E-state index contributed by atoms with van der Waals surface area (Å²) >= 11 is 3.52. The molecule has 0 fully saturated rings. The Morgan fingerprint density at radius 3 is 2.88 bits per heavy atom. The van der Waals surface area contributed by atoms with Gasteiger partial charge in [0.05, 0.1) is 16.8 Å². The van der Waals surface area contributed by atoms with Gasteiger partial charge in [-0.05, 0) is 54.7 Å². The Morgan fingerprint density at radius 1 is 1.47 bits per heavy atom. The molecule has 98 valence electrons. The fourth-order valence-electron chi connectivity index (χ4n) is 1.73. The van der Waals surface area contributed by atoms with Gasteiger partial charge in [-0.2, -0.15) is 0 Å². The number of ether oxygens (including phenoxy) is 1. The summed E-state index contributed by atoms with van der Waals surface area (Å²) in [5.41, 5.74) is 0. The largest absolute Gasteiger partial charge is 0.466 e. The Kier molecular flexibility index (Phi) is 7.56. The standard InChI is InChI=1S/C13H22BrNO2/c1-3-8-15-12(6-5-9-16-4-2)13-11(14)7-10-17-13/h7,10,12,15H,3-6,8-9H2,1-2H3. The normalized spacial score (nSPS) is 12.9. The van der Waals surface area contributed by atoms with Crippen LogP contribution in [0.2, 0.25) is 0 Å². The van der Waals surface area contributed by atoms with E-state index in [1.54, 1.807) is 6.26 Å². The van der Waals surface area contributed by atoms with Crippen molar-refractivity contribution in [1.82, 2.24) is 5.32 Å². The minimum atomic E-state index is 0.278. The van der Waals surface area contributed by atoms with E-state index in [9.17, 15) is 0 Å². The second-order valence-corrected chi connectivity index (χ2v) is 4.83. The summed E-state index contributed by atoms with van der Waals surface area (Å²) in [7, 11) is 0. The molecule has 0 saturated heterocycles. The SMILES string of the molecule is CCCNC(CCCOCC)c1occc1Br. The van der Waals surface area contributed by atoms with Crippen molar-refractivity contribution in [1.29, 1.82) is 0 Å². The minimum absolute atomic E-state index is 0.278. The molecule has 1 unspecified atom stereocenters. The van der Waals surface area contributed by atoms with Gasteiger partial charge in [-0.15, -0.1) is 0 Å². The fraction of sp³-hybridized carbons (Fsp3) is 0.692. The van der Waals surface area contributed by atoms with Crippen LogP contribution in [0.15, 0.2) is 21.2 Å². The van der Waals surface area contributed by atoms with Gasteiger partial charge < -0.3 is 14.5 Å². The fourth-order valence-corrected chi connectivity index (χ4v) is 2.21. The van der Waals surface area contributed by atoms with Crippen LogP contribution in [-0.4, -0.2) is 19.8 Å². The minimum Gasteiger partial charge on any atom is -0.466 e. The van der Waals surface area contributed by atoms with Crippen LogP contribution in [0.3, 0.4) is 0 Å². The average Bonchev–Trinajstić information content (AvgIpc) is 2.75. The molecule has 4 heteroatoms. The maximum absolute atomic E-state index is 5.53. The molecule has 0 saturated carbocycles. The third-order valence-corrected chi connectivity index (χ3v) is 3.24. The molecule has 3 nitrogen and oxygen atoms in total. The zero-order valence-electron chi connectivity index (χ0n) is 10.7. The number of nitrogens with one attached hydrogen (secondary N) is 1. The maximum atomic E-state index is 5.53. The van der Waals surface area contributed by atoms with E-state index < -0.39 is 0 Å². The van der Waals surface area contributed by atoms with Gasteiger partial charge in [-0.25, -0.2) is 0 Å².